The molecule has 132 valence electrons. The summed E-state index contributed by atoms with van der Waals surface area (Å²) in [7, 11) is 0. The molecule has 0 unspecified atom stereocenters. The van der Waals surface area contributed by atoms with Crippen molar-refractivity contribution in [3.05, 3.63) is 89.5 Å². The van der Waals surface area contributed by atoms with Crippen LogP contribution in [0.5, 0.6) is 5.75 Å². The Morgan fingerprint density at radius 3 is 2.00 bits per heavy atom. The van der Waals surface area contributed by atoms with E-state index in [0.717, 1.165) is 41.9 Å². The van der Waals surface area contributed by atoms with Gasteiger partial charge in [-0.05, 0) is 78.1 Å². The van der Waals surface area contributed by atoms with E-state index < -0.39 is 0 Å². The van der Waals surface area contributed by atoms with Gasteiger partial charge in [0.05, 0.1) is 5.69 Å². The van der Waals surface area contributed by atoms with Crippen molar-refractivity contribution in [1.82, 2.24) is 0 Å². The van der Waals surface area contributed by atoms with Crippen LogP contribution < -0.4 is 5.73 Å². The summed E-state index contributed by atoms with van der Waals surface area (Å²) in [6.45, 7) is 2.14. The minimum absolute atomic E-state index is 0.275. The van der Waals surface area contributed by atoms with Crippen molar-refractivity contribution in [2.24, 2.45) is 4.99 Å². The van der Waals surface area contributed by atoms with E-state index in [2.05, 4.69) is 43.3 Å². The number of aliphatic imine (C=N–C) groups is 1. The number of nitrogen functional groups attached to an aromatic ring is 1. The average Bonchev–Trinajstić information content (AvgIpc) is 2.65. The van der Waals surface area contributed by atoms with Gasteiger partial charge in [0.25, 0.3) is 0 Å². The predicted molar refractivity (Wildman–Crippen MR) is 109 cm³/mol. The Kier molecular flexibility index (Phi) is 5.69. The Balaban J connectivity index is 1.78. The molecule has 26 heavy (non-hydrogen) atoms. The molecule has 3 N–H and O–H groups in total. The van der Waals surface area contributed by atoms with Crippen molar-refractivity contribution in [2.45, 2.75) is 26.2 Å². The van der Waals surface area contributed by atoms with E-state index in [1.807, 2.05) is 24.3 Å². The molecule has 3 aromatic carbocycles. The van der Waals surface area contributed by atoms with E-state index in [0.29, 0.717) is 0 Å². The number of benzene rings is 3. The highest BCUT2D eigenvalue weighted by molar-refractivity contribution is 6.02. The zero-order valence-corrected chi connectivity index (χ0v) is 15.0. The summed E-state index contributed by atoms with van der Waals surface area (Å²) in [6, 6.07) is 23.6. The molecule has 3 rings (SSSR count). The predicted octanol–water partition coefficient (Wildman–Crippen LogP) is 5.49. The molecule has 0 atom stereocenters. The quantitative estimate of drug-likeness (QED) is 0.459. The highest BCUT2D eigenvalue weighted by Gasteiger charge is 2.04. The lowest BCUT2D eigenvalue weighted by Crippen LogP contribution is -1.99. The van der Waals surface area contributed by atoms with Gasteiger partial charge in [-0.3, -0.25) is 4.99 Å². The van der Waals surface area contributed by atoms with Gasteiger partial charge in [-0.2, -0.15) is 0 Å². The molecule has 0 fully saturated rings. The van der Waals surface area contributed by atoms with Crippen LogP contribution in [0, 0.1) is 0 Å². The van der Waals surface area contributed by atoms with Gasteiger partial charge in [0.15, 0.2) is 0 Å². The highest BCUT2D eigenvalue weighted by atomic mass is 16.3. The van der Waals surface area contributed by atoms with Crippen LogP contribution in [0.4, 0.5) is 11.4 Å². The molecule has 0 aliphatic carbocycles. The number of nitrogens with two attached hydrogens (primary N) is 1. The van der Waals surface area contributed by atoms with Gasteiger partial charge in [0, 0.05) is 11.4 Å². The van der Waals surface area contributed by atoms with Crippen molar-refractivity contribution in [3.63, 3.8) is 0 Å². The minimum atomic E-state index is 0.275. The first kappa shape index (κ1) is 17.7. The Morgan fingerprint density at radius 2 is 1.42 bits per heavy atom. The van der Waals surface area contributed by atoms with E-state index in [1.54, 1.807) is 12.1 Å². The first-order valence-corrected chi connectivity index (χ1v) is 8.94. The Labute approximate surface area is 154 Å². The van der Waals surface area contributed by atoms with E-state index in [4.69, 9.17) is 10.7 Å². The maximum atomic E-state index is 9.48. The van der Waals surface area contributed by atoms with Crippen LogP contribution in [0.3, 0.4) is 0 Å². The topological polar surface area (TPSA) is 58.6 Å². The van der Waals surface area contributed by atoms with E-state index in [9.17, 15) is 5.11 Å². The maximum absolute atomic E-state index is 9.48. The molecule has 3 aromatic rings. The molecule has 0 heterocycles. The molecule has 0 spiro atoms. The van der Waals surface area contributed by atoms with Crippen LogP contribution in [-0.4, -0.2) is 10.8 Å². The van der Waals surface area contributed by atoms with E-state index in [1.165, 1.54) is 11.1 Å². The largest absolute Gasteiger partial charge is 0.508 e. The molecular formula is C23H24N2O. The number of hydrogen-bond acceptors (Lipinski definition) is 3. The number of rotatable bonds is 6. The molecule has 3 heteroatoms. The number of aromatic hydroxyl groups is 1. The summed E-state index contributed by atoms with van der Waals surface area (Å²) < 4.78 is 0. The molecule has 0 aromatic heterocycles. The summed E-state index contributed by atoms with van der Waals surface area (Å²) in [5.41, 5.74) is 12.1. The Bertz CT molecular complexity index is 864. The lowest BCUT2D eigenvalue weighted by molar-refractivity contribution is 0.475. The first-order valence-electron chi connectivity index (χ1n) is 8.94. The lowest BCUT2D eigenvalue weighted by Gasteiger charge is -2.07. The second-order valence-corrected chi connectivity index (χ2v) is 6.44. The average molecular weight is 344 g/mol. The second kappa shape index (κ2) is 8.34. The molecule has 0 radical (unpaired) electrons. The third kappa shape index (κ3) is 4.73. The zero-order chi connectivity index (χ0) is 18.4. The number of hydrogen-bond donors (Lipinski definition) is 2. The Hall–Kier alpha value is -3.07. The molecule has 0 bridgehead atoms. The van der Waals surface area contributed by atoms with Gasteiger partial charge in [-0.15, -0.1) is 0 Å². The molecule has 0 aliphatic rings. The smallest absolute Gasteiger partial charge is 0.115 e. The van der Waals surface area contributed by atoms with Crippen LogP contribution >= 0.6 is 0 Å². The normalized spacial score (nSPS) is 11.5. The zero-order valence-electron chi connectivity index (χ0n) is 15.0. The van der Waals surface area contributed by atoms with Crippen LogP contribution in [0.15, 0.2) is 77.8 Å². The summed E-state index contributed by atoms with van der Waals surface area (Å²) in [5.74, 6) is 0.275. The molecule has 0 amide bonds. The lowest BCUT2D eigenvalue weighted by atomic mass is 10.0. The fraction of sp³-hybridized carbons (Fsp3) is 0.174. The van der Waals surface area contributed by atoms with Crippen molar-refractivity contribution >= 4 is 17.1 Å². The minimum Gasteiger partial charge on any atom is -0.508 e. The number of phenols is 1. The van der Waals surface area contributed by atoms with Crippen LogP contribution in [-0.2, 0) is 6.42 Å². The summed E-state index contributed by atoms with van der Waals surface area (Å²) >= 11 is 0. The molecule has 3 nitrogen and oxygen atoms in total. The van der Waals surface area contributed by atoms with Gasteiger partial charge < -0.3 is 10.8 Å². The summed E-state index contributed by atoms with van der Waals surface area (Å²) in [5, 5.41) is 9.48. The molecule has 0 saturated carbocycles. The Morgan fingerprint density at radius 1 is 0.846 bits per heavy atom. The fourth-order valence-corrected chi connectivity index (χ4v) is 2.87. The highest BCUT2D eigenvalue weighted by Crippen LogP contribution is 2.20. The maximum Gasteiger partial charge on any atom is 0.115 e. The van der Waals surface area contributed by atoms with Gasteiger partial charge in [-0.1, -0.05) is 37.6 Å². The monoisotopic (exact) mass is 344 g/mol. The van der Waals surface area contributed by atoms with Gasteiger partial charge in [0.2, 0.25) is 0 Å². The second-order valence-electron chi connectivity index (χ2n) is 6.44. The SMILES string of the molecule is CCCC(=Nc1ccc(Cc2ccc(N)cc2)cc1)c1ccc(O)cc1. The molecular weight excluding hydrogens is 320 g/mol. The fourth-order valence-electron chi connectivity index (χ4n) is 2.87. The first-order chi connectivity index (χ1) is 12.6. The summed E-state index contributed by atoms with van der Waals surface area (Å²) in [6.07, 6.45) is 2.80. The van der Waals surface area contributed by atoms with Crippen molar-refractivity contribution < 1.29 is 5.11 Å². The third-order valence-electron chi connectivity index (χ3n) is 4.28. The van der Waals surface area contributed by atoms with Gasteiger partial charge in [0.1, 0.15) is 5.75 Å². The molecule has 0 aliphatic heterocycles. The van der Waals surface area contributed by atoms with Crippen LogP contribution in [0.1, 0.15) is 36.5 Å². The van der Waals surface area contributed by atoms with Crippen molar-refractivity contribution in [1.29, 1.82) is 0 Å². The van der Waals surface area contributed by atoms with Crippen LogP contribution in [0.25, 0.3) is 0 Å². The standard InChI is InChI=1S/C23H24N2O/c1-2-3-23(19-8-14-22(26)15-9-19)25-21-12-6-18(7-13-21)16-17-4-10-20(24)11-5-17/h4-15,26H,2-3,16,24H2,1H3. The summed E-state index contributed by atoms with van der Waals surface area (Å²) in [4.78, 5) is 4.83. The van der Waals surface area contributed by atoms with Crippen molar-refractivity contribution in [2.75, 3.05) is 5.73 Å². The van der Waals surface area contributed by atoms with E-state index in [-0.39, 0.29) is 5.75 Å². The van der Waals surface area contributed by atoms with Gasteiger partial charge >= 0.3 is 0 Å². The van der Waals surface area contributed by atoms with Crippen LogP contribution in [0.2, 0.25) is 0 Å². The molecule has 0 saturated heterocycles. The van der Waals surface area contributed by atoms with Gasteiger partial charge in [-0.25, -0.2) is 0 Å². The number of nitrogens with zero attached hydrogens (tertiary/aromatic N) is 1. The van der Waals surface area contributed by atoms with E-state index >= 15 is 0 Å². The van der Waals surface area contributed by atoms with Crippen molar-refractivity contribution in [3.8, 4) is 5.75 Å². The third-order valence-corrected chi connectivity index (χ3v) is 4.28. The number of phenolic OH excluding ortho intramolecular Hbond substituents is 1. The number of anilines is 1.